The van der Waals surface area contributed by atoms with Crippen LogP contribution in [0.15, 0.2) is 23.6 Å². The molecular weight excluding hydrogens is 330 g/mol. The molecule has 1 aromatic heterocycles. The fraction of sp³-hybridized carbons (Fsp3) is 0.579. The number of hydrogen-bond acceptors (Lipinski definition) is 6. The third-order valence-corrected chi connectivity index (χ3v) is 5.16. The highest BCUT2D eigenvalue weighted by Crippen LogP contribution is 2.34. The van der Waals surface area contributed by atoms with Crippen molar-refractivity contribution in [1.82, 2.24) is 9.88 Å². The van der Waals surface area contributed by atoms with Crippen LogP contribution in [0.2, 0.25) is 0 Å². The van der Waals surface area contributed by atoms with E-state index >= 15 is 0 Å². The number of anilines is 1. The van der Waals surface area contributed by atoms with E-state index < -0.39 is 6.10 Å². The Bertz CT molecular complexity index is 765. The zero-order valence-electron chi connectivity index (χ0n) is 15.7. The van der Waals surface area contributed by atoms with E-state index in [0.717, 1.165) is 11.4 Å². The summed E-state index contributed by atoms with van der Waals surface area (Å²) in [4.78, 5) is 24.1. The number of amides is 1. The fourth-order valence-corrected chi connectivity index (χ4v) is 3.41. The van der Waals surface area contributed by atoms with Crippen molar-refractivity contribution < 1.29 is 9.63 Å². The number of nitrogens with one attached hydrogen (secondary N) is 1. The van der Waals surface area contributed by atoms with E-state index in [-0.39, 0.29) is 23.3 Å². The van der Waals surface area contributed by atoms with Crippen LogP contribution in [-0.2, 0) is 9.63 Å². The van der Waals surface area contributed by atoms with Crippen LogP contribution in [0.1, 0.15) is 39.7 Å². The minimum Gasteiger partial charge on any atom is -0.382 e. The summed E-state index contributed by atoms with van der Waals surface area (Å²) in [7, 11) is 0. The lowest BCUT2D eigenvalue weighted by molar-refractivity contribution is -0.141. The normalized spacial score (nSPS) is 24.2. The van der Waals surface area contributed by atoms with Crippen LogP contribution in [0, 0.1) is 22.7 Å². The first kappa shape index (κ1) is 18.2. The molecule has 1 saturated heterocycles. The average Bonchev–Trinajstić information content (AvgIpc) is 3.20. The Kier molecular flexibility index (Phi) is 4.86. The van der Waals surface area contributed by atoms with Gasteiger partial charge in [-0.2, -0.15) is 5.26 Å². The molecule has 1 fully saturated rings. The highest BCUT2D eigenvalue weighted by Gasteiger charge is 2.44. The number of carbonyl (C=O) groups is 1. The predicted octanol–water partition coefficient (Wildman–Crippen LogP) is 2.40. The topological polar surface area (TPSA) is 90.6 Å². The van der Waals surface area contributed by atoms with E-state index in [1.54, 1.807) is 18.5 Å². The zero-order valence-corrected chi connectivity index (χ0v) is 15.7. The van der Waals surface area contributed by atoms with Gasteiger partial charge in [0.25, 0.3) is 5.91 Å². The second kappa shape index (κ2) is 6.94. The lowest BCUT2D eigenvalue weighted by Gasteiger charge is -2.27. The molecule has 0 bridgehead atoms. The molecule has 0 radical (unpaired) electrons. The fourth-order valence-electron chi connectivity index (χ4n) is 3.41. The van der Waals surface area contributed by atoms with Crippen LogP contribution in [0.3, 0.4) is 0 Å². The first-order valence-corrected chi connectivity index (χ1v) is 8.94. The summed E-state index contributed by atoms with van der Waals surface area (Å²) < 4.78 is 0. The van der Waals surface area contributed by atoms with Crippen LogP contribution in [0.4, 0.5) is 5.69 Å². The van der Waals surface area contributed by atoms with E-state index in [2.05, 4.69) is 49.2 Å². The number of likely N-dealkylation sites (tertiary alicyclic amines) is 1. The number of pyridine rings is 1. The Morgan fingerprint density at radius 2 is 2.27 bits per heavy atom. The SMILES string of the molecule is CC(C)C1=NOC(C(=O)N2CC(Nc3ccncc3C#N)C(C)(C)C2)C1. The number of aromatic nitrogens is 1. The first-order chi connectivity index (χ1) is 12.3. The summed E-state index contributed by atoms with van der Waals surface area (Å²) in [6.45, 7) is 9.54. The molecule has 7 nitrogen and oxygen atoms in total. The molecular formula is C19H25N5O2. The Hall–Kier alpha value is -2.62. The second-order valence-electron chi connectivity index (χ2n) is 7.97. The van der Waals surface area contributed by atoms with Crippen molar-refractivity contribution >= 4 is 17.3 Å². The van der Waals surface area contributed by atoms with Gasteiger partial charge in [0, 0.05) is 37.3 Å². The first-order valence-electron chi connectivity index (χ1n) is 8.94. The molecule has 0 spiro atoms. The molecule has 0 aromatic carbocycles. The van der Waals surface area contributed by atoms with Gasteiger partial charge in [-0.25, -0.2) is 0 Å². The van der Waals surface area contributed by atoms with Gasteiger partial charge in [0.1, 0.15) is 6.07 Å². The predicted molar refractivity (Wildman–Crippen MR) is 98.5 cm³/mol. The lowest BCUT2D eigenvalue weighted by atomic mass is 9.87. The van der Waals surface area contributed by atoms with Gasteiger partial charge >= 0.3 is 0 Å². The summed E-state index contributed by atoms with van der Waals surface area (Å²) in [6.07, 6.45) is 3.25. The van der Waals surface area contributed by atoms with Crippen molar-refractivity contribution in [3.8, 4) is 6.07 Å². The van der Waals surface area contributed by atoms with Gasteiger partial charge in [-0.1, -0.05) is 32.9 Å². The zero-order chi connectivity index (χ0) is 18.9. The standard InChI is InChI=1S/C19H25N5O2/c1-12(2)15-7-16(26-23-15)18(25)24-10-17(19(3,4)11-24)22-14-5-6-21-9-13(14)8-20/h5-6,9,12,16-17H,7,10-11H2,1-4H3,(H,21,22). The van der Waals surface area contributed by atoms with Crippen LogP contribution in [0.5, 0.6) is 0 Å². The summed E-state index contributed by atoms with van der Waals surface area (Å²) in [5.41, 5.74) is 2.05. The maximum atomic E-state index is 12.9. The van der Waals surface area contributed by atoms with Crippen LogP contribution in [0.25, 0.3) is 0 Å². The largest absolute Gasteiger partial charge is 0.382 e. The smallest absolute Gasteiger partial charge is 0.266 e. The Morgan fingerprint density at radius 3 is 2.92 bits per heavy atom. The maximum absolute atomic E-state index is 12.9. The highest BCUT2D eigenvalue weighted by atomic mass is 16.6. The monoisotopic (exact) mass is 355 g/mol. The number of nitriles is 1. The summed E-state index contributed by atoms with van der Waals surface area (Å²) >= 11 is 0. The maximum Gasteiger partial charge on any atom is 0.266 e. The molecule has 26 heavy (non-hydrogen) atoms. The van der Waals surface area contributed by atoms with E-state index in [1.807, 2.05) is 4.90 Å². The molecule has 1 amide bonds. The third-order valence-electron chi connectivity index (χ3n) is 5.16. The Morgan fingerprint density at radius 1 is 1.50 bits per heavy atom. The minimum atomic E-state index is -0.516. The van der Waals surface area contributed by atoms with Gasteiger partial charge in [-0.3, -0.25) is 9.78 Å². The molecule has 0 saturated carbocycles. The van der Waals surface area contributed by atoms with Crippen LogP contribution in [-0.4, -0.2) is 46.7 Å². The molecule has 2 aliphatic rings. The average molecular weight is 355 g/mol. The molecule has 7 heteroatoms. The van der Waals surface area contributed by atoms with Gasteiger partial charge in [0.2, 0.25) is 6.10 Å². The van der Waals surface area contributed by atoms with Crippen molar-refractivity contribution in [3.05, 3.63) is 24.0 Å². The summed E-state index contributed by atoms with van der Waals surface area (Å²) in [6, 6.07) is 3.98. The molecule has 3 heterocycles. The molecule has 0 aliphatic carbocycles. The van der Waals surface area contributed by atoms with Crippen molar-refractivity contribution in [2.45, 2.75) is 46.3 Å². The molecule has 2 unspecified atom stereocenters. The van der Waals surface area contributed by atoms with Gasteiger partial charge < -0.3 is 15.1 Å². The quantitative estimate of drug-likeness (QED) is 0.895. The van der Waals surface area contributed by atoms with E-state index in [4.69, 9.17) is 4.84 Å². The van der Waals surface area contributed by atoms with Gasteiger partial charge in [0.05, 0.1) is 23.0 Å². The van der Waals surface area contributed by atoms with Gasteiger partial charge in [0.15, 0.2) is 0 Å². The van der Waals surface area contributed by atoms with Crippen LogP contribution >= 0.6 is 0 Å². The lowest BCUT2D eigenvalue weighted by Crippen LogP contribution is -2.39. The van der Waals surface area contributed by atoms with Gasteiger partial charge in [-0.05, 0) is 12.0 Å². The third kappa shape index (κ3) is 3.50. The van der Waals surface area contributed by atoms with Crippen molar-refractivity contribution in [2.75, 3.05) is 18.4 Å². The van der Waals surface area contributed by atoms with Gasteiger partial charge in [-0.15, -0.1) is 0 Å². The van der Waals surface area contributed by atoms with E-state index in [9.17, 15) is 10.1 Å². The molecule has 138 valence electrons. The molecule has 3 rings (SSSR count). The molecule has 1 N–H and O–H groups in total. The summed E-state index contributed by atoms with van der Waals surface area (Å²) in [5, 5.41) is 16.7. The van der Waals surface area contributed by atoms with E-state index in [0.29, 0.717) is 25.1 Å². The molecule has 2 aliphatic heterocycles. The Labute approximate surface area is 154 Å². The number of hydrogen-bond donors (Lipinski definition) is 1. The van der Waals surface area contributed by atoms with E-state index in [1.165, 1.54) is 0 Å². The molecule has 2 atom stereocenters. The van der Waals surface area contributed by atoms with Crippen molar-refractivity contribution in [3.63, 3.8) is 0 Å². The number of oxime groups is 1. The van der Waals surface area contributed by atoms with Crippen LogP contribution < -0.4 is 5.32 Å². The minimum absolute atomic E-state index is 0.0167. The second-order valence-corrected chi connectivity index (χ2v) is 7.97. The van der Waals surface area contributed by atoms with Crippen molar-refractivity contribution in [2.24, 2.45) is 16.5 Å². The molecule has 1 aromatic rings. The highest BCUT2D eigenvalue weighted by molar-refractivity contribution is 5.94. The summed E-state index contributed by atoms with van der Waals surface area (Å²) in [5.74, 6) is 0.269. The number of nitrogens with zero attached hydrogens (tertiary/aromatic N) is 4. The van der Waals surface area contributed by atoms with Crippen molar-refractivity contribution in [1.29, 1.82) is 5.26 Å². The Balaban J connectivity index is 1.68. The number of rotatable bonds is 4. The number of carbonyl (C=O) groups excluding carboxylic acids is 1.